The molecule has 1 aliphatic heterocycles. The lowest BCUT2D eigenvalue weighted by atomic mass is 9.75. The van der Waals surface area contributed by atoms with Crippen LogP contribution in [-0.2, 0) is 19.9 Å². The topological polar surface area (TPSA) is 141 Å². The summed E-state index contributed by atoms with van der Waals surface area (Å²) in [5.41, 5.74) is 4.60. The second-order valence-electron chi connectivity index (χ2n) is 14.5. The molecular formula is C36H37ClF4N8O3. The van der Waals surface area contributed by atoms with Crippen molar-refractivity contribution in [3.63, 3.8) is 0 Å². The largest absolute Gasteiger partial charge is 0.463 e. The van der Waals surface area contributed by atoms with E-state index in [1.54, 1.807) is 42.7 Å². The first-order chi connectivity index (χ1) is 24.4. The summed E-state index contributed by atoms with van der Waals surface area (Å²) in [4.78, 5) is 46.3. The minimum Gasteiger partial charge on any atom is -0.463 e. The van der Waals surface area contributed by atoms with Gasteiger partial charge in [-0.25, -0.2) is 42.2 Å². The SMILES string of the molecule is CC(C)(C)C[C@]1(c2ccc(-c3ncccn3)cc2)N=C(N)N([C@H](COC(=O)CC2(C(C)(F)F)CC2)c2ccc(Cl)c(-n3ncnc3C(F)F)c2)C1=O. The molecule has 2 aliphatic rings. The van der Waals surface area contributed by atoms with E-state index in [0.29, 0.717) is 17.0 Å². The highest BCUT2D eigenvalue weighted by Crippen LogP contribution is 2.59. The van der Waals surface area contributed by atoms with Gasteiger partial charge in [-0.2, -0.15) is 5.10 Å². The molecule has 1 aliphatic carbocycles. The predicted molar refractivity (Wildman–Crippen MR) is 184 cm³/mol. The number of ether oxygens (including phenoxy) is 1. The summed E-state index contributed by atoms with van der Waals surface area (Å²) < 4.78 is 62.9. The summed E-state index contributed by atoms with van der Waals surface area (Å²) in [5.74, 6) is -4.93. The van der Waals surface area contributed by atoms with Gasteiger partial charge in [-0.3, -0.25) is 14.5 Å². The van der Waals surface area contributed by atoms with Gasteiger partial charge in [0.05, 0.1) is 23.2 Å². The fourth-order valence-corrected chi connectivity index (χ4v) is 6.84. The molecule has 2 aromatic carbocycles. The van der Waals surface area contributed by atoms with Gasteiger partial charge in [-0.1, -0.05) is 62.7 Å². The van der Waals surface area contributed by atoms with Crippen molar-refractivity contribution in [3.05, 3.63) is 89.2 Å². The molecule has 52 heavy (non-hydrogen) atoms. The number of carbonyl (C=O) groups excluding carboxylic acids is 2. The van der Waals surface area contributed by atoms with Crippen molar-refractivity contribution in [2.75, 3.05) is 6.61 Å². The number of carbonyl (C=O) groups is 2. The fourth-order valence-electron chi connectivity index (χ4n) is 6.64. The van der Waals surface area contributed by atoms with Crippen LogP contribution in [0.15, 0.2) is 72.2 Å². The van der Waals surface area contributed by atoms with Gasteiger partial charge in [0.2, 0.25) is 0 Å². The highest BCUT2D eigenvalue weighted by Gasteiger charge is 2.60. The Morgan fingerprint density at radius 1 is 1.04 bits per heavy atom. The summed E-state index contributed by atoms with van der Waals surface area (Å²) in [5, 5.41) is 3.95. The van der Waals surface area contributed by atoms with Crippen molar-refractivity contribution < 1.29 is 31.9 Å². The van der Waals surface area contributed by atoms with Crippen LogP contribution < -0.4 is 5.73 Å². The van der Waals surface area contributed by atoms with Gasteiger partial charge in [-0.05, 0) is 60.9 Å². The summed E-state index contributed by atoms with van der Waals surface area (Å²) in [6, 6.07) is 11.9. The number of esters is 1. The first kappa shape index (κ1) is 36.9. The van der Waals surface area contributed by atoms with E-state index < -0.39 is 65.5 Å². The molecule has 274 valence electrons. The maximum absolute atomic E-state index is 14.9. The standard InChI is InChI=1S/C36H37ClF4N8O3/c1-33(2,3)19-36(23-9-6-21(7-10-23)29-43-14-5-15-44-29)31(51)48(32(42)47-36)26(18-52-27(50)17-35(12-13-35)34(4,40)41)22-8-11-24(37)25(16-22)49-30(28(38)39)45-20-46-49/h5-11,14-16,20,26,28H,12-13,17-19H2,1-4H3,(H2,42,47)/t26-,36-/m1/s1. The van der Waals surface area contributed by atoms with E-state index >= 15 is 0 Å². The third-order valence-corrected chi connectivity index (χ3v) is 9.75. The molecule has 0 spiro atoms. The molecule has 0 unspecified atom stereocenters. The summed E-state index contributed by atoms with van der Waals surface area (Å²) >= 11 is 6.46. The lowest BCUT2D eigenvalue weighted by Gasteiger charge is -2.35. The molecule has 6 rings (SSSR count). The van der Waals surface area contributed by atoms with E-state index in [2.05, 4.69) is 20.1 Å². The average Bonchev–Trinajstić information content (AvgIpc) is 3.63. The molecule has 1 fully saturated rings. The zero-order valence-electron chi connectivity index (χ0n) is 28.9. The third-order valence-electron chi connectivity index (χ3n) is 9.43. The van der Waals surface area contributed by atoms with Crippen LogP contribution >= 0.6 is 11.6 Å². The molecule has 1 amide bonds. The van der Waals surface area contributed by atoms with Gasteiger partial charge in [0.1, 0.15) is 12.9 Å². The highest BCUT2D eigenvalue weighted by atomic mass is 35.5. The number of halogens is 5. The van der Waals surface area contributed by atoms with Gasteiger partial charge in [0.25, 0.3) is 18.3 Å². The average molecular weight is 741 g/mol. The van der Waals surface area contributed by atoms with Gasteiger partial charge in [0.15, 0.2) is 23.1 Å². The van der Waals surface area contributed by atoms with Gasteiger partial charge in [-0.15, -0.1) is 0 Å². The van der Waals surface area contributed by atoms with Crippen LogP contribution in [0, 0.1) is 10.8 Å². The number of hydrogen-bond donors (Lipinski definition) is 1. The van der Waals surface area contributed by atoms with Crippen LogP contribution in [0.3, 0.4) is 0 Å². The number of benzene rings is 2. The lowest BCUT2D eigenvalue weighted by molar-refractivity contribution is -0.153. The second kappa shape index (κ2) is 13.6. The van der Waals surface area contributed by atoms with Crippen molar-refractivity contribution in [2.24, 2.45) is 21.6 Å². The van der Waals surface area contributed by atoms with Gasteiger partial charge >= 0.3 is 5.97 Å². The molecule has 0 saturated heterocycles. The number of nitrogens with two attached hydrogens (primary N) is 1. The maximum Gasteiger partial charge on any atom is 0.306 e. The van der Waals surface area contributed by atoms with Crippen molar-refractivity contribution in [3.8, 4) is 17.1 Å². The Morgan fingerprint density at radius 3 is 2.31 bits per heavy atom. The van der Waals surface area contributed by atoms with Gasteiger partial charge in [0, 0.05) is 23.4 Å². The van der Waals surface area contributed by atoms with Crippen LogP contribution in [0.5, 0.6) is 0 Å². The Morgan fingerprint density at radius 2 is 1.71 bits per heavy atom. The molecule has 4 aromatic rings. The number of alkyl halides is 4. The fraction of sp³-hybridized carbons (Fsp3) is 0.417. The zero-order chi connectivity index (χ0) is 37.6. The van der Waals surface area contributed by atoms with Crippen LogP contribution in [0.2, 0.25) is 5.02 Å². The number of amides is 1. The Labute approximate surface area is 302 Å². The number of nitrogens with zero attached hydrogens (tertiary/aromatic N) is 7. The normalized spacial score (nSPS) is 19.2. The molecule has 3 heterocycles. The number of hydrogen-bond acceptors (Lipinski definition) is 9. The molecule has 0 bridgehead atoms. The molecule has 11 nitrogen and oxygen atoms in total. The monoisotopic (exact) mass is 740 g/mol. The Bertz CT molecular complexity index is 1990. The number of rotatable bonds is 12. The van der Waals surface area contributed by atoms with E-state index in [9.17, 15) is 27.2 Å². The molecule has 2 N–H and O–H groups in total. The first-order valence-electron chi connectivity index (χ1n) is 16.5. The Balaban J connectivity index is 1.41. The molecule has 2 atom stereocenters. The third kappa shape index (κ3) is 7.10. The van der Waals surface area contributed by atoms with E-state index in [4.69, 9.17) is 27.1 Å². The molecular weight excluding hydrogens is 704 g/mol. The van der Waals surface area contributed by atoms with E-state index in [1.807, 2.05) is 20.8 Å². The minimum absolute atomic E-state index is 0.00711. The molecule has 0 radical (unpaired) electrons. The smallest absolute Gasteiger partial charge is 0.306 e. The van der Waals surface area contributed by atoms with Crippen molar-refractivity contribution in [1.82, 2.24) is 29.6 Å². The van der Waals surface area contributed by atoms with E-state index in [-0.39, 0.29) is 41.5 Å². The maximum atomic E-state index is 14.9. The minimum atomic E-state index is -3.10. The second-order valence-corrected chi connectivity index (χ2v) is 14.9. The molecule has 16 heteroatoms. The number of aliphatic imine (C=N–C) groups is 1. The first-order valence-corrected chi connectivity index (χ1v) is 16.9. The zero-order valence-corrected chi connectivity index (χ0v) is 29.6. The Hall–Kier alpha value is -4.92. The lowest BCUT2D eigenvalue weighted by Crippen LogP contribution is -2.47. The number of guanidine groups is 1. The van der Waals surface area contributed by atoms with Crippen LogP contribution in [0.4, 0.5) is 17.6 Å². The van der Waals surface area contributed by atoms with Crippen molar-refractivity contribution in [1.29, 1.82) is 0 Å². The molecule has 2 aromatic heterocycles. The van der Waals surface area contributed by atoms with E-state index in [1.165, 1.54) is 23.1 Å². The number of aromatic nitrogens is 5. The van der Waals surface area contributed by atoms with Crippen LogP contribution in [0.25, 0.3) is 17.1 Å². The van der Waals surface area contributed by atoms with E-state index in [0.717, 1.165) is 17.9 Å². The van der Waals surface area contributed by atoms with Gasteiger partial charge < -0.3 is 10.5 Å². The summed E-state index contributed by atoms with van der Waals surface area (Å²) in [6.07, 6.45) is 1.19. The van der Waals surface area contributed by atoms with Crippen molar-refractivity contribution >= 4 is 29.4 Å². The van der Waals surface area contributed by atoms with Crippen molar-refractivity contribution in [2.45, 2.75) is 77.3 Å². The van der Waals surface area contributed by atoms with Crippen LogP contribution in [-0.4, -0.2) is 60.0 Å². The predicted octanol–water partition coefficient (Wildman–Crippen LogP) is 7.21. The molecule has 1 saturated carbocycles. The summed E-state index contributed by atoms with van der Waals surface area (Å²) in [7, 11) is 0. The van der Waals surface area contributed by atoms with Crippen LogP contribution in [0.1, 0.15) is 82.8 Å². The quantitative estimate of drug-likeness (QED) is 0.119. The Kier molecular flexibility index (Phi) is 9.62. The highest BCUT2D eigenvalue weighted by molar-refractivity contribution is 6.32. The summed E-state index contributed by atoms with van der Waals surface area (Å²) in [6.45, 7) is 6.09.